The smallest absolute Gasteiger partial charge is 0.306 e. The zero-order valence-corrected chi connectivity index (χ0v) is 19.1. The zero-order chi connectivity index (χ0) is 25.0. The van der Waals surface area contributed by atoms with Crippen molar-refractivity contribution in [2.75, 3.05) is 22.6 Å². The molecule has 180 valence electrons. The molecular formula is C26H25N3O6. The Morgan fingerprint density at radius 1 is 0.629 bits per heavy atom. The number of hydrogen-bond donors (Lipinski definition) is 3. The van der Waals surface area contributed by atoms with Crippen molar-refractivity contribution < 1.29 is 28.7 Å². The summed E-state index contributed by atoms with van der Waals surface area (Å²) < 4.78 is 10.6. The molecule has 0 saturated heterocycles. The predicted octanol–water partition coefficient (Wildman–Crippen LogP) is 4.34. The number of anilines is 3. The highest BCUT2D eigenvalue weighted by Crippen LogP contribution is 2.22. The van der Waals surface area contributed by atoms with Crippen LogP contribution >= 0.6 is 0 Å². The van der Waals surface area contributed by atoms with Gasteiger partial charge in [0, 0.05) is 30.4 Å². The Morgan fingerprint density at radius 3 is 1.74 bits per heavy atom. The van der Waals surface area contributed by atoms with Crippen LogP contribution in [0.3, 0.4) is 0 Å². The van der Waals surface area contributed by atoms with Gasteiger partial charge >= 0.3 is 5.97 Å². The molecule has 0 radical (unpaired) electrons. The van der Waals surface area contributed by atoms with Crippen LogP contribution in [0, 0.1) is 0 Å². The molecule has 0 unspecified atom stereocenters. The molecule has 0 aliphatic rings. The van der Waals surface area contributed by atoms with Gasteiger partial charge in [0.25, 0.3) is 5.91 Å². The third-order valence-electron chi connectivity index (χ3n) is 4.53. The summed E-state index contributed by atoms with van der Waals surface area (Å²) in [5.41, 5.74) is 1.64. The molecule has 3 aromatic carbocycles. The minimum atomic E-state index is -0.664. The van der Waals surface area contributed by atoms with Crippen molar-refractivity contribution in [1.29, 1.82) is 0 Å². The van der Waals surface area contributed by atoms with Crippen LogP contribution in [0.4, 0.5) is 17.1 Å². The monoisotopic (exact) mass is 475 g/mol. The number of nitrogens with one attached hydrogen (secondary N) is 3. The van der Waals surface area contributed by atoms with E-state index in [9.17, 15) is 19.2 Å². The van der Waals surface area contributed by atoms with Crippen molar-refractivity contribution in [1.82, 2.24) is 0 Å². The Morgan fingerprint density at radius 2 is 1.14 bits per heavy atom. The Kier molecular flexibility index (Phi) is 8.95. The molecule has 3 rings (SSSR count). The molecule has 0 heterocycles. The van der Waals surface area contributed by atoms with Crippen molar-refractivity contribution in [2.24, 2.45) is 0 Å². The van der Waals surface area contributed by atoms with Crippen molar-refractivity contribution in [3.8, 4) is 11.5 Å². The van der Waals surface area contributed by atoms with Gasteiger partial charge in [-0.05, 0) is 60.7 Å². The van der Waals surface area contributed by atoms with E-state index in [0.29, 0.717) is 28.6 Å². The first-order valence-corrected chi connectivity index (χ1v) is 10.8. The molecule has 0 aromatic heterocycles. The molecule has 3 amide bonds. The van der Waals surface area contributed by atoms with Crippen LogP contribution in [-0.4, -0.2) is 30.3 Å². The minimum absolute atomic E-state index is 0.0900. The van der Waals surface area contributed by atoms with Gasteiger partial charge in [-0.3, -0.25) is 19.2 Å². The van der Waals surface area contributed by atoms with Crippen molar-refractivity contribution >= 4 is 40.8 Å². The maximum Gasteiger partial charge on any atom is 0.306 e. The second-order valence-electron chi connectivity index (χ2n) is 7.46. The number of para-hydroxylation sites is 1. The lowest BCUT2D eigenvalue weighted by Gasteiger charge is -2.09. The van der Waals surface area contributed by atoms with Gasteiger partial charge in [-0.15, -0.1) is 0 Å². The first-order valence-electron chi connectivity index (χ1n) is 10.8. The van der Waals surface area contributed by atoms with Gasteiger partial charge in [0.1, 0.15) is 11.5 Å². The molecule has 0 bridgehead atoms. The van der Waals surface area contributed by atoms with Gasteiger partial charge < -0.3 is 25.4 Å². The van der Waals surface area contributed by atoms with E-state index in [1.165, 1.54) is 6.92 Å². The average molecular weight is 476 g/mol. The third kappa shape index (κ3) is 9.01. The number of amides is 3. The predicted molar refractivity (Wildman–Crippen MR) is 131 cm³/mol. The lowest BCUT2D eigenvalue weighted by atomic mass is 10.2. The second kappa shape index (κ2) is 12.5. The zero-order valence-electron chi connectivity index (χ0n) is 19.1. The Hall–Kier alpha value is -4.66. The van der Waals surface area contributed by atoms with Crippen molar-refractivity contribution in [2.45, 2.75) is 19.8 Å². The van der Waals surface area contributed by atoms with E-state index < -0.39 is 18.5 Å². The van der Waals surface area contributed by atoms with E-state index in [0.717, 1.165) is 0 Å². The number of carbonyl (C=O) groups excluding carboxylic acids is 4. The number of esters is 1. The first-order chi connectivity index (χ1) is 16.9. The third-order valence-corrected chi connectivity index (χ3v) is 4.53. The lowest BCUT2D eigenvalue weighted by molar-refractivity contribution is -0.147. The van der Waals surface area contributed by atoms with Crippen LogP contribution in [0.2, 0.25) is 0 Å². The molecule has 3 N–H and O–H groups in total. The van der Waals surface area contributed by atoms with E-state index in [2.05, 4.69) is 16.0 Å². The molecule has 0 spiro atoms. The number of carbonyl (C=O) groups is 4. The molecular weight excluding hydrogens is 450 g/mol. The second-order valence-corrected chi connectivity index (χ2v) is 7.46. The normalized spacial score (nSPS) is 10.1. The Labute approximate surface area is 202 Å². The van der Waals surface area contributed by atoms with Crippen LogP contribution in [0.25, 0.3) is 0 Å². The molecule has 0 atom stereocenters. The fourth-order valence-corrected chi connectivity index (χ4v) is 2.93. The van der Waals surface area contributed by atoms with Crippen LogP contribution in [0.5, 0.6) is 11.5 Å². The van der Waals surface area contributed by atoms with Crippen molar-refractivity contribution in [3.05, 3.63) is 78.9 Å². The quantitative estimate of drug-likeness (QED) is 0.375. The standard InChI is InChI=1S/C26H25N3O6/c1-18(30)27-19-7-9-20(10-8-19)29-25(32)17-34-26(33)16-15-24(31)28-21-11-13-23(14-12-21)35-22-5-3-2-4-6-22/h2-14H,15-17H2,1H3,(H,27,30)(H,28,31)(H,29,32). The summed E-state index contributed by atoms with van der Waals surface area (Å²) in [6, 6.07) is 22.6. The number of hydrogen-bond acceptors (Lipinski definition) is 6. The fraction of sp³-hybridized carbons (Fsp3) is 0.154. The summed E-state index contributed by atoms with van der Waals surface area (Å²) in [5, 5.41) is 7.89. The molecule has 9 nitrogen and oxygen atoms in total. The molecule has 0 aliphatic heterocycles. The van der Waals surface area contributed by atoms with Gasteiger partial charge in [0.2, 0.25) is 11.8 Å². The summed E-state index contributed by atoms with van der Waals surface area (Å²) in [6.07, 6.45) is -0.257. The Balaban J connectivity index is 1.34. The molecule has 0 aliphatic carbocycles. The van der Waals surface area contributed by atoms with E-state index in [1.54, 1.807) is 48.5 Å². The van der Waals surface area contributed by atoms with E-state index in [4.69, 9.17) is 9.47 Å². The summed E-state index contributed by atoms with van der Waals surface area (Å²) in [5.74, 6) is -0.414. The van der Waals surface area contributed by atoms with Gasteiger partial charge in [0.05, 0.1) is 6.42 Å². The Bertz CT molecular complexity index is 1160. The largest absolute Gasteiger partial charge is 0.457 e. The van der Waals surface area contributed by atoms with Gasteiger partial charge in [-0.2, -0.15) is 0 Å². The molecule has 0 fully saturated rings. The van der Waals surface area contributed by atoms with Crippen LogP contribution in [0.15, 0.2) is 78.9 Å². The summed E-state index contributed by atoms with van der Waals surface area (Å²) in [6.45, 7) is 0.921. The van der Waals surface area contributed by atoms with Gasteiger partial charge in [-0.1, -0.05) is 18.2 Å². The highest BCUT2D eigenvalue weighted by atomic mass is 16.5. The van der Waals surface area contributed by atoms with Crippen LogP contribution < -0.4 is 20.7 Å². The number of ether oxygens (including phenoxy) is 2. The van der Waals surface area contributed by atoms with Gasteiger partial charge in [0.15, 0.2) is 6.61 Å². The average Bonchev–Trinajstić information content (AvgIpc) is 2.84. The summed E-state index contributed by atoms with van der Waals surface area (Å²) >= 11 is 0. The maximum atomic E-state index is 12.1. The van der Waals surface area contributed by atoms with Gasteiger partial charge in [-0.25, -0.2) is 0 Å². The number of rotatable bonds is 10. The maximum absolute atomic E-state index is 12.1. The highest BCUT2D eigenvalue weighted by molar-refractivity contribution is 5.95. The first kappa shape index (κ1) is 25.0. The lowest BCUT2D eigenvalue weighted by Crippen LogP contribution is -2.21. The molecule has 3 aromatic rings. The van der Waals surface area contributed by atoms with E-state index in [-0.39, 0.29) is 24.7 Å². The SMILES string of the molecule is CC(=O)Nc1ccc(NC(=O)COC(=O)CCC(=O)Nc2ccc(Oc3ccccc3)cc2)cc1. The van der Waals surface area contributed by atoms with Crippen LogP contribution in [0.1, 0.15) is 19.8 Å². The molecule has 9 heteroatoms. The van der Waals surface area contributed by atoms with Crippen molar-refractivity contribution in [3.63, 3.8) is 0 Å². The number of benzene rings is 3. The highest BCUT2D eigenvalue weighted by Gasteiger charge is 2.11. The minimum Gasteiger partial charge on any atom is -0.457 e. The topological polar surface area (TPSA) is 123 Å². The van der Waals surface area contributed by atoms with E-state index in [1.807, 2.05) is 30.3 Å². The molecule has 35 heavy (non-hydrogen) atoms. The van der Waals surface area contributed by atoms with Crippen LogP contribution in [-0.2, 0) is 23.9 Å². The summed E-state index contributed by atoms with van der Waals surface area (Å²) in [4.78, 5) is 47.0. The fourth-order valence-electron chi connectivity index (χ4n) is 2.93. The molecule has 0 saturated carbocycles. The summed E-state index contributed by atoms with van der Waals surface area (Å²) in [7, 11) is 0. The van der Waals surface area contributed by atoms with E-state index >= 15 is 0 Å².